The quantitative estimate of drug-likeness (QED) is 0.400. The van der Waals surface area contributed by atoms with Crippen LogP contribution in [0, 0.1) is 0 Å². The minimum Gasteiger partial charge on any atom is -0.459 e. The summed E-state index contributed by atoms with van der Waals surface area (Å²) in [6.07, 6.45) is 1.27. The molecular weight excluding hydrogens is 310 g/mol. The zero-order chi connectivity index (χ0) is 15.2. The second-order valence-electron chi connectivity index (χ2n) is 3.81. The highest BCUT2D eigenvalue weighted by molar-refractivity contribution is 8.13. The topological polar surface area (TPSA) is 83.8 Å². The van der Waals surface area contributed by atoms with Crippen molar-refractivity contribution in [1.29, 1.82) is 0 Å². The van der Waals surface area contributed by atoms with Gasteiger partial charge in [-0.25, -0.2) is 13.2 Å². The summed E-state index contributed by atoms with van der Waals surface area (Å²) in [5.41, 5.74) is 0.0948. The first-order valence-corrected chi connectivity index (χ1v) is 8.01. The molecule has 0 unspecified atom stereocenters. The van der Waals surface area contributed by atoms with E-state index in [1.165, 1.54) is 31.0 Å². The van der Waals surface area contributed by atoms with Crippen LogP contribution < -0.4 is 0 Å². The molecule has 0 fully saturated rings. The van der Waals surface area contributed by atoms with Gasteiger partial charge in [-0.2, -0.15) is 0 Å². The molecule has 0 saturated carbocycles. The van der Waals surface area contributed by atoms with Gasteiger partial charge >= 0.3 is 5.97 Å². The van der Waals surface area contributed by atoms with Crippen LogP contribution in [0.3, 0.4) is 0 Å². The summed E-state index contributed by atoms with van der Waals surface area (Å²) in [7, 11) is 4.33. The molecule has 0 aliphatic rings. The van der Waals surface area contributed by atoms with Gasteiger partial charge in [-0.05, 0) is 6.07 Å². The molecule has 9 heteroatoms. The van der Waals surface area contributed by atoms with Gasteiger partial charge in [-0.15, -0.1) is 0 Å². The summed E-state index contributed by atoms with van der Waals surface area (Å²) in [5.74, 6) is -0.648. The normalized spacial score (nSPS) is 11.6. The Kier molecular flexibility index (Phi) is 6.47. The van der Waals surface area contributed by atoms with Gasteiger partial charge in [0.15, 0.2) is 0 Å². The predicted octanol–water partition coefficient (Wildman–Crippen LogP) is 0.865. The van der Waals surface area contributed by atoms with Gasteiger partial charge in [0.25, 0.3) is 9.05 Å². The molecule has 0 N–H and O–H groups in total. The number of nitrogens with zero attached hydrogens (tertiary/aromatic N) is 1. The molecule has 0 bridgehead atoms. The summed E-state index contributed by atoms with van der Waals surface area (Å²) in [6.45, 7) is 0.950. The molecule has 0 aliphatic carbocycles. The summed E-state index contributed by atoms with van der Waals surface area (Å²) in [5, 5.41) is 0. The highest BCUT2D eigenvalue weighted by Crippen LogP contribution is 2.19. The summed E-state index contributed by atoms with van der Waals surface area (Å²) in [4.78, 5) is 11.7. The van der Waals surface area contributed by atoms with E-state index >= 15 is 0 Å². The first kappa shape index (κ1) is 17.0. The Morgan fingerprint density at radius 1 is 1.25 bits per heavy atom. The number of carbonyl (C=O) groups is 1. The van der Waals surface area contributed by atoms with Gasteiger partial charge in [0, 0.05) is 37.6 Å². The number of aromatic nitrogens is 1. The Balaban J connectivity index is 2.96. The molecule has 0 saturated heterocycles. The van der Waals surface area contributed by atoms with Crippen molar-refractivity contribution in [3.63, 3.8) is 0 Å². The van der Waals surface area contributed by atoms with Crippen molar-refractivity contribution in [2.24, 2.45) is 0 Å². The largest absolute Gasteiger partial charge is 0.459 e. The van der Waals surface area contributed by atoms with E-state index in [0.29, 0.717) is 13.2 Å². The van der Waals surface area contributed by atoms with Gasteiger partial charge in [0.2, 0.25) is 0 Å². The van der Waals surface area contributed by atoms with Gasteiger partial charge < -0.3 is 18.8 Å². The van der Waals surface area contributed by atoms with Crippen LogP contribution in [0.1, 0.15) is 10.5 Å². The summed E-state index contributed by atoms with van der Waals surface area (Å²) >= 11 is 0. The molecule has 0 spiro atoms. The standard InChI is InChI=1S/C11H16ClNO6S/c1-17-4-3-13-8-9(20(12,15)16)7-10(13)11(14)19-6-5-18-2/h7-8H,3-6H2,1-2H3. The number of rotatable bonds is 8. The van der Waals surface area contributed by atoms with E-state index in [-0.39, 0.29) is 23.8 Å². The van der Waals surface area contributed by atoms with Crippen LogP contribution in [-0.2, 0) is 29.8 Å². The molecule has 0 atom stereocenters. The highest BCUT2D eigenvalue weighted by atomic mass is 35.7. The molecule has 0 amide bonds. The van der Waals surface area contributed by atoms with Gasteiger partial charge in [-0.1, -0.05) is 0 Å². The van der Waals surface area contributed by atoms with Crippen LogP contribution in [0.15, 0.2) is 17.2 Å². The maximum absolute atomic E-state index is 11.9. The highest BCUT2D eigenvalue weighted by Gasteiger charge is 2.20. The fourth-order valence-corrected chi connectivity index (χ4v) is 2.21. The van der Waals surface area contributed by atoms with E-state index < -0.39 is 15.0 Å². The van der Waals surface area contributed by atoms with Crippen LogP contribution in [0.25, 0.3) is 0 Å². The Morgan fingerprint density at radius 3 is 2.45 bits per heavy atom. The molecule has 7 nitrogen and oxygen atoms in total. The zero-order valence-electron chi connectivity index (χ0n) is 11.2. The monoisotopic (exact) mass is 325 g/mol. The van der Waals surface area contributed by atoms with E-state index in [1.807, 2.05) is 0 Å². The minimum atomic E-state index is -3.91. The molecule has 1 heterocycles. The van der Waals surface area contributed by atoms with Crippen molar-refractivity contribution in [3.8, 4) is 0 Å². The smallest absolute Gasteiger partial charge is 0.355 e. The molecule has 0 aromatic carbocycles. The second kappa shape index (κ2) is 7.63. The lowest BCUT2D eigenvalue weighted by Gasteiger charge is -2.08. The predicted molar refractivity (Wildman–Crippen MR) is 71.5 cm³/mol. The maximum Gasteiger partial charge on any atom is 0.355 e. The maximum atomic E-state index is 11.9. The molecule has 1 rings (SSSR count). The first-order chi connectivity index (χ1) is 9.40. The third kappa shape index (κ3) is 4.78. The molecule has 20 heavy (non-hydrogen) atoms. The van der Waals surface area contributed by atoms with E-state index in [9.17, 15) is 13.2 Å². The lowest BCUT2D eigenvalue weighted by Crippen LogP contribution is -2.15. The van der Waals surface area contributed by atoms with Crippen molar-refractivity contribution >= 4 is 25.7 Å². The summed E-state index contributed by atoms with van der Waals surface area (Å²) in [6, 6.07) is 1.17. The number of hydrogen-bond donors (Lipinski definition) is 0. The third-order valence-electron chi connectivity index (χ3n) is 2.42. The van der Waals surface area contributed by atoms with Crippen molar-refractivity contribution in [1.82, 2.24) is 4.57 Å². The van der Waals surface area contributed by atoms with Gasteiger partial charge in [0.05, 0.1) is 13.2 Å². The average Bonchev–Trinajstić information content (AvgIpc) is 2.80. The van der Waals surface area contributed by atoms with E-state index in [2.05, 4.69) is 0 Å². The molecule has 1 aromatic heterocycles. The number of carbonyl (C=O) groups excluding carboxylic acids is 1. The molecule has 114 valence electrons. The van der Waals surface area contributed by atoms with Crippen molar-refractivity contribution in [2.75, 3.05) is 34.0 Å². The molecular formula is C11H16ClNO6S. The van der Waals surface area contributed by atoms with Crippen LogP contribution in [-0.4, -0.2) is 53.0 Å². The zero-order valence-corrected chi connectivity index (χ0v) is 12.7. The van der Waals surface area contributed by atoms with Gasteiger partial charge in [0.1, 0.15) is 17.2 Å². The minimum absolute atomic E-state index is 0.0771. The SMILES string of the molecule is COCCOC(=O)c1cc(S(=O)(=O)Cl)cn1CCOC. The Labute approximate surface area is 121 Å². The number of methoxy groups -OCH3 is 2. The number of esters is 1. The molecule has 1 aromatic rings. The third-order valence-corrected chi connectivity index (χ3v) is 3.74. The van der Waals surface area contributed by atoms with E-state index in [4.69, 9.17) is 24.9 Å². The fraction of sp³-hybridized carbons (Fsp3) is 0.545. The molecule has 0 radical (unpaired) electrons. The van der Waals surface area contributed by atoms with Crippen molar-refractivity contribution in [2.45, 2.75) is 11.4 Å². The second-order valence-corrected chi connectivity index (χ2v) is 6.38. The van der Waals surface area contributed by atoms with E-state index in [0.717, 1.165) is 0 Å². The van der Waals surface area contributed by atoms with E-state index in [1.54, 1.807) is 0 Å². The summed E-state index contributed by atoms with van der Waals surface area (Å²) < 4.78 is 38.6. The fourth-order valence-electron chi connectivity index (χ4n) is 1.45. The van der Waals surface area contributed by atoms with Crippen LogP contribution in [0.5, 0.6) is 0 Å². The van der Waals surface area contributed by atoms with Gasteiger partial charge in [-0.3, -0.25) is 0 Å². The average molecular weight is 326 g/mol. The number of halogens is 1. The van der Waals surface area contributed by atoms with Crippen LogP contribution in [0.2, 0.25) is 0 Å². The van der Waals surface area contributed by atoms with Crippen molar-refractivity contribution in [3.05, 3.63) is 18.0 Å². The number of hydrogen-bond acceptors (Lipinski definition) is 6. The Morgan fingerprint density at radius 2 is 1.90 bits per heavy atom. The Bertz CT molecular complexity index is 553. The number of ether oxygens (including phenoxy) is 3. The first-order valence-electron chi connectivity index (χ1n) is 5.70. The van der Waals surface area contributed by atoms with Crippen LogP contribution >= 0.6 is 10.7 Å². The van der Waals surface area contributed by atoms with Crippen LogP contribution in [0.4, 0.5) is 0 Å². The Hall–Kier alpha value is -1.09. The van der Waals surface area contributed by atoms with Crippen molar-refractivity contribution < 1.29 is 27.4 Å². The molecule has 0 aliphatic heterocycles. The lowest BCUT2D eigenvalue weighted by molar-refractivity contribution is 0.0374. The lowest BCUT2D eigenvalue weighted by atomic mass is 10.4.